The van der Waals surface area contributed by atoms with E-state index in [2.05, 4.69) is 5.32 Å². The Balaban J connectivity index is 2.52. The van der Waals surface area contributed by atoms with Crippen molar-refractivity contribution in [3.63, 3.8) is 0 Å². The van der Waals surface area contributed by atoms with Gasteiger partial charge in [0.1, 0.15) is 24.1 Å². The van der Waals surface area contributed by atoms with E-state index in [4.69, 9.17) is 21.1 Å². The Bertz CT molecular complexity index is 1140. The highest BCUT2D eigenvalue weighted by atomic mass is 35.5. The summed E-state index contributed by atoms with van der Waals surface area (Å²) in [4.78, 5) is 27.8. The summed E-state index contributed by atoms with van der Waals surface area (Å²) >= 11 is 6.33. The smallest absolute Gasteiger partial charge is 0.244 e. The summed E-state index contributed by atoms with van der Waals surface area (Å²) in [6.45, 7) is 3.45. The van der Waals surface area contributed by atoms with Crippen molar-refractivity contribution in [3.05, 3.63) is 53.1 Å². The minimum Gasteiger partial charge on any atom is -0.497 e. The van der Waals surface area contributed by atoms with Crippen LogP contribution < -0.4 is 19.1 Å². The maximum atomic E-state index is 13.7. The Morgan fingerprint density at radius 2 is 1.77 bits per heavy atom. The quantitative estimate of drug-likeness (QED) is 0.456. The molecule has 0 heterocycles. The second-order valence-electron chi connectivity index (χ2n) is 7.74. The third kappa shape index (κ3) is 7.25. The number of carbonyl (C=O) groups is 2. The number of benzene rings is 2. The maximum absolute atomic E-state index is 13.7. The molecule has 0 unspecified atom stereocenters. The van der Waals surface area contributed by atoms with Crippen LogP contribution in [0.2, 0.25) is 5.02 Å². The lowest BCUT2D eigenvalue weighted by atomic mass is 10.1. The molecular weight excluding hydrogens is 494 g/mol. The van der Waals surface area contributed by atoms with E-state index in [9.17, 15) is 18.0 Å². The molecule has 2 amide bonds. The van der Waals surface area contributed by atoms with Crippen LogP contribution in [0.3, 0.4) is 0 Å². The lowest BCUT2D eigenvalue weighted by Gasteiger charge is -2.33. The molecule has 192 valence electrons. The fourth-order valence-corrected chi connectivity index (χ4v) is 4.66. The van der Waals surface area contributed by atoms with Gasteiger partial charge < -0.3 is 19.7 Å². The van der Waals surface area contributed by atoms with Crippen LogP contribution in [0.5, 0.6) is 11.5 Å². The van der Waals surface area contributed by atoms with E-state index >= 15 is 0 Å². The van der Waals surface area contributed by atoms with Crippen molar-refractivity contribution >= 4 is 39.1 Å². The summed E-state index contributed by atoms with van der Waals surface area (Å²) in [6, 6.07) is 10.8. The molecule has 0 saturated heterocycles. The fraction of sp³-hybridized carbons (Fsp3) is 0.417. The Morgan fingerprint density at radius 3 is 2.31 bits per heavy atom. The molecule has 2 rings (SSSR count). The molecule has 0 aliphatic heterocycles. The first-order valence-electron chi connectivity index (χ1n) is 11.1. The average Bonchev–Trinajstić information content (AvgIpc) is 2.82. The van der Waals surface area contributed by atoms with Gasteiger partial charge in [-0.25, -0.2) is 8.42 Å². The zero-order valence-corrected chi connectivity index (χ0v) is 22.1. The van der Waals surface area contributed by atoms with Crippen LogP contribution in [0.25, 0.3) is 0 Å². The molecule has 0 spiro atoms. The van der Waals surface area contributed by atoms with Crippen molar-refractivity contribution in [2.75, 3.05) is 37.9 Å². The van der Waals surface area contributed by atoms with E-state index in [-0.39, 0.29) is 23.9 Å². The maximum Gasteiger partial charge on any atom is 0.244 e. The molecule has 2 aromatic carbocycles. The average molecular weight is 526 g/mol. The largest absolute Gasteiger partial charge is 0.497 e. The molecule has 0 saturated carbocycles. The number of amides is 2. The molecule has 0 fully saturated rings. The predicted octanol–water partition coefficient (Wildman–Crippen LogP) is 3.07. The number of methoxy groups -OCH3 is 2. The minimum atomic E-state index is -3.90. The number of rotatable bonds is 12. The van der Waals surface area contributed by atoms with Crippen LogP contribution in [0.15, 0.2) is 42.5 Å². The Hall–Kier alpha value is -2.98. The lowest BCUT2D eigenvalue weighted by molar-refractivity contribution is -0.140. The van der Waals surface area contributed by atoms with E-state index in [1.807, 2.05) is 0 Å². The number of carbonyl (C=O) groups excluding carboxylic acids is 2. The molecule has 0 aliphatic rings. The summed E-state index contributed by atoms with van der Waals surface area (Å²) in [5.74, 6) is -0.210. The third-order valence-electron chi connectivity index (χ3n) is 5.37. The Morgan fingerprint density at radius 1 is 1.09 bits per heavy atom. The van der Waals surface area contributed by atoms with E-state index in [0.717, 1.165) is 10.6 Å². The summed E-state index contributed by atoms with van der Waals surface area (Å²) in [6.07, 6.45) is 1.33. The van der Waals surface area contributed by atoms with Gasteiger partial charge in [-0.3, -0.25) is 13.9 Å². The SMILES string of the molecule is CCNC(=O)[C@H](CC)N(Cc1ccccc1Cl)C(=O)CN(c1ccc(OC)cc1OC)S(C)(=O)=O. The number of nitrogens with zero attached hydrogens (tertiary/aromatic N) is 2. The van der Waals surface area contributed by atoms with Gasteiger partial charge in [0.2, 0.25) is 21.8 Å². The predicted molar refractivity (Wildman–Crippen MR) is 137 cm³/mol. The number of sulfonamides is 1. The zero-order chi connectivity index (χ0) is 26.2. The number of ether oxygens (including phenoxy) is 2. The number of halogens is 1. The van der Waals surface area contributed by atoms with Gasteiger partial charge in [0, 0.05) is 24.2 Å². The summed E-state index contributed by atoms with van der Waals surface area (Å²) < 4.78 is 37.0. The first-order valence-corrected chi connectivity index (χ1v) is 13.3. The molecule has 2 aromatic rings. The van der Waals surface area contributed by atoms with Crippen LogP contribution in [-0.4, -0.2) is 64.7 Å². The van der Waals surface area contributed by atoms with E-state index in [1.165, 1.54) is 31.3 Å². The number of nitrogens with one attached hydrogen (secondary N) is 1. The van der Waals surface area contributed by atoms with Gasteiger partial charge in [-0.15, -0.1) is 0 Å². The van der Waals surface area contributed by atoms with Crippen LogP contribution in [0.1, 0.15) is 25.8 Å². The molecule has 0 aromatic heterocycles. The van der Waals surface area contributed by atoms with Crippen molar-refractivity contribution in [1.82, 2.24) is 10.2 Å². The van der Waals surface area contributed by atoms with Crippen molar-refractivity contribution in [3.8, 4) is 11.5 Å². The zero-order valence-electron chi connectivity index (χ0n) is 20.6. The van der Waals surface area contributed by atoms with E-state index in [1.54, 1.807) is 44.2 Å². The molecule has 0 bridgehead atoms. The molecule has 1 N–H and O–H groups in total. The molecule has 0 radical (unpaired) electrons. The first-order chi connectivity index (χ1) is 16.6. The van der Waals surface area contributed by atoms with Crippen molar-refractivity contribution in [1.29, 1.82) is 0 Å². The number of hydrogen-bond acceptors (Lipinski definition) is 6. The normalized spacial score (nSPS) is 11.9. The van der Waals surface area contributed by atoms with E-state index in [0.29, 0.717) is 29.3 Å². The topological polar surface area (TPSA) is 105 Å². The van der Waals surface area contributed by atoms with Crippen molar-refractivity contribution in [2.45, 2.75) is 32.9 Å². The summed E-state index contributed by atoms with van der Waals surface area (Å²) in [5.41, 5.74) is 0.811. The van der Waals surface area contributed by atoms with Crippen LogP contribution >= 0.6 is 11.6 Å². The van der Waals surface area contributed by atoms with Crippen LogP contribution in [-0.2, 0) is 26.2 Å². The number of likely N-dealkylation sites (N-methyl/N-ethyl adjacent to an activating group) is 1. The van der Waals surface area contributed by atoms with Gasteiger partial charge in [-0.05, 0) is 37.1 Å². The standard InChI is InChI=1S/C24H32ClN3O6S/c1-6-20(24(30)26-7-2)27(15-17-10-8-9-11-19(17)25)23(29)16-28(35(5,31)32)21-13-12-18(33-3)14-22(21)34-4/h8-14,20H,6-7,15-16H2,1-5H3,(H,26,30)/t20-/m0/s1. The molecular formula is C24H32ClN3O6S. The monoisotopic (exact) mass is 525 g/mol. The van der Waals surface area contributed by atoms with Crippen LogP contribution in [0, 0.1) is 0 Å². The fourth-order valence-electron chi connectivity index (χ4n) is 3.61. The summed E-state index contributed by atoms with van der Waals surface area (Å²) in [5, 5.41) is 3.18. The van der Waals surface area contributed by atoms with Crippen LogP contribution in [0.4, 0.5) is 5.69 Å². The number of hydrogen-bond donors (Lipinski definition) is 1. The second kappa shape index (κ2) is 12.6. The van der Waals surface area contributed by atoms with Gasteiger partial charge in [0.05, 0.1) is 26.2 Å². The van der Waals surface area contributed by atoms with Crippen molar-refractivity contribution in [2.24, 2.45) is 0 Å². The lowest BCUT2D eigenvalue weighted by Crippen LogP contribution is -2.52. The third-order valence-corrected chi connectivity index (χ3v) is 6.87. The molecule has 11 heteroatoms. The molecule has 1 atom stereocenters. The molecule has 35 heavy (non-hydrogen) atoms. The summed E-state index contributed by atoms with van der Waals surface area (Å²) in [7, 11) is -1.03. The second-order valence-corrected chi connectivity index (χ2v) is 10.1. The van der Waals surface area contributed by atoms with Gasteiger partial charge in [0.25, 0.3) is 0 Å². The minimum absolute atomic E-state index is 0.0332. The van der Waals surface area contributed by atoms with Crippen molar-refractivity contribution < 1.29 is 27.5 Å². The van der Waals surface area contributed by atoms with Gasteiger partial charge >= 0.3 is 0 Å². The van der Waals surface area contributed by atoms with Gasteiger partial charge in [0.15, 0.2) is 0 Å². The highest BCUT2D eigenvalue weighted by Crippen LogP contribution is 2.34. The molecule has 0 aliphatic carbocycles. The van der Waals surface area contributed by atoms with E-state index < -0.39 is 28.5 Å². The highest BCUT2D eigenvalue weighted by Gasteiger charge is 2.32. The highest BCUT2D eigenvalue weighted by molar-refractivity contribution is 7.92. The van der Waals surface area contributed by atoms with Gasteiger partial charge in [-0.1, -0.05) is 36.7 Å². The van der Waals surface area contributed by atoms with Gasteiger partial charge in [-0.2, -0.15) is 0 Å². The number of anilines is 1. The Kier molecular flexibility index (Phi) is 10.2. The molecule has 9 nitrogen and oxygen atoms in total. The Labute approximate surface area is 212 Å². The first kappa shape index (κ1) is 28.3.